The summed E-state index contributed by atoms with van der Waals surface area (Å²) in [5.41, 5.74) is 6.59. The van der Waals surface area contributed by atoms with Crippen LogP contribution in [0.25, 0.3) is 0 Å². The predicted molar refractivity (Wildman–Crippen MR) is 83.0 cm³/mol. The van der Waals surface area contributed by atoms with E-state index in [9.17, 15) is 4.79 Å². The zero-order chi connectivity index (χ0) is 14.7. The first-order valence-corrected chi connectivity index (χ1v) is 7.70. The minimum absolute atomic E-state index is 0.0275. The molecule has 0 spiro atoms. The first-order chi connectivity index (χ1) is 9.52. The molecule has 0 aliphatic carbocycles. The lowest BCUT2D eigenvalue weighted by Gasteiger charge is -2.34. The van der Waals surface area contributed by atoms with E-state index in [-0.39, 0.29) is 11.9 Å². The molecule has 1 aliphatic heterocycles. The van der Waals surface area contributed by atoms with Gasteiger partial charge in [0, 0.05) is 23.6 Å². The Morgan fingerprint density at radius 2 is 2.30 bits per heavy atom. The van der Waals surface area contributed by atoms with E-state index in [2.05, 4.69) is 15.9 Å². The highest BCUT2D eigenvalue weighted by atomic mass is 79.9. The van der Waals surface area contributed by atoms with E-state index in [1.807, 2.05) is 24.0 Å². The number of benzene rings is 1. The molecule has 5 heteroatoms. The second-order valence-corrected chi connectivity index (χ2v) is 6.27. The molecule has 1 aromatic carbocycles. The SMILES string of the molecule is COc1cc(Br)ccc1C(=O)N1CCC[C@@H]([C@H](C)N)C1. The fraction of sp³-hybridized carbons (Fsp3) is 0.533. The largest absolute Gasteiger partial charge is 0.496 e. The fourth-order valence-electron chi connectivity index (χ4n) is 2.64. The van der Waals surface area contributed by atoms with Gasteiger partial charge >= 0.3 is 0 Å². The molecule has 20 heavy (non-hydrogen) atoms. The van der Waals surface area contributed by atoms with E-state index >= 15 is 0 Å². The van der Waals surface area contributed by atoms with Crippen LogP contribution in [0.3, 0.4) is 0 Å². The maximum atomic E-state index is 12.6. The topological polar surface area (TPSA) is 55.6 Å². The molecule has 4 nitrogen and oxygen atoms in total. The summed E-state index contributed by atoms with van der Waals surface area (Å²) < 4.78 is 6.21. The molecule has 0 bridgehead atoms. The first kappa shape index (κ1) is 15.3. The monoisotopic (exact) mass is 340 g/mol. The Labute approximate surface area is 128 Å². The molecule has 1 fully saturated rings. The van der Waals surface area contributed by atoms with E-state index < -0.39 is 0 Å². The maximum Gasteiger partial charge on any atom is 0.257 e. The lowest BCUT2D eigenvalue weighted by molar-refractivity contribution is 0.0657. The number of nitrogens with zero attached hydrogens (tertiary/aromatic N) is 1. The number of rotatable bonds is 3. The highest BCUT2D eigenvalue weighted by Gasteiger charge is 2.27. The average molecular weight is 341 g/mol. The van der Waals surface area contributed by atoms with Crippen LogP contribution in [0.5, 0.6) is 5.75 Å². The molecule has 1 saturated heterocycles. The molecule has 1 heterocycles. The van der Waals surface area contributed by atoms with Crippen molar-refractivity contribution in [1.29, 1.82) is 0 Å². The van der Waals surface area contributed by atoms with Gasteiger partial charge in [0.2, 0.25) is 0 Å². The highest BCUT2D eigenvalue weighted by molar-refractivity contribution is 9.10. The molecule has 0 saturated carbocycles. The number of piperidine rings is 1. The van der Waals surface area contributed by atoms with Crippen LogP contribution in [-0.2, 0) is 0 Å². The predicted octanol–water partition coefficient (Wildman–Crippen LogP) is 2.66. The maximum absolute atomic E-state index is 12.6. The van der Waals surface area contributed by atoms with Crippen molar-refractivity contribution in [3.05, 3.63) is 28.2 Å². The van der Waals surface area contributed by atoms with E-state index in [4.69, 9.17) is 10.5 Å². The summed E-state index contributed by atoms with van der Waals surface area (Å²) in [6.45, 7) is 3.54. The van der Waals surface area contributed by atoms with Gasteiger partial charge in [0.25, 0.3) is 5.91 Å². The van der Waals surface area contributed by atoms with E-state index in [0.29, 0.717) is 17.2 Å². The standard InChI is InChI=1S/C15H21BrN2O2/c1-10(17)11-4-3-7-18(9-11)15(19)13-6-5-12(16)8-14(13)20-2/h5-6,8,10-11H,3-4,7,9,17H2,1-2H3/t10-,11+/m0/s1. The van der Waals surface area contributed by atoms with Gasteiger partial charge in [-0.05, 0) is 43.9 Å². The van der Waals surface area contributed by atoms with Crippen LogP contribution >= 0.6 is 15.9 Å². The van der Waals surface area contributed by atoms with E-state index in [1.165, 1.54) is 0 Å². The summed E-state index contributed by atoms with van der Waals surface area (Å²) in [6.07, 6.45) is 2.11. The lowest BCUT2D eigenvalue weighted by atomic mass is 9.92. The minimum atomic E-state index is 0.0275. The van der Waals surface area contributed by atoms with Crippen LogP contribution in [0, 0.1) is 5.92 Å². The van der Waals surface area contributed by atoms with Crippen molar-refractivity contribution >= 4 is 21.8 Å². The van der Waals surface area contributed by atoms with Gasteiger partial charge in [0.1, 0.15) is 5.75 Å². The van der Waals surface area contributed by atoms with Crippen LogP contribution in [0.2, 0.25) is 0 Å². The number of hydrogen-bond donors (Lipinski definition) is 1. The molecular weight excluding hydrogens is 320 g/mol. The van der Waals surface area contributed by atoms with Crippen LogP contribution in [0.1, 0.15) is 30.1 Å². The Hall–Kier alpha value is -1.07. The van der Waals surface area contributed by atoms with Crippen molar-refractivity contribution in [3.63, 3.8) is 0 Å². The molecule has 110 valence electrons. The quantitative estimate of drug-likeness (QED) is 0.920. The van der Waals surface area contributed by atoms with Crippen molar-refractivity contribution in [1.82, 2.24) is 4.90 Å². The fourth-order valence-corrected chi connectivity index (χ4v) is 2.98. The first-order valence-electron chi connectivity index (χ1n) is 6.91. The third-order valence-electron chi connectivity index (χ3n) is 3.88. The summed E-state index contributed by atoms with van der Waals surface area (Å²) in [4.78, 5) is 14.5. The van der Waals surface area contributed by atoms with Crippen LogP contribution in [-0.4, -0.2) is 37.0 Å². The van der Waals surface area contributed by atoms with Crippen LogP contribution in [0.4, 0.5) is 0 Å². The van der Waals surface area contributed by atoms with Gasteiger partial charge in [-0.25, -0.2) is 0 Å². The Bertz CT molecular complexity index is 491. The summed E-state index contributed by atoms with van der Waals surface area (Å²) in [5.74, 6) is 1.01. The zero-order valence-corrected chi connectivity index (χ0v) is 13.5. The summed E-state index contributed by atoms with van der Waals surface area (Å²) in [7, 11) is 1.58. The van der Waals surface area contributed by atoms with E-state index in [0.717, 1.165) is 30.4 Å². The molecule has 2 N–H and O–H groups in total. The van der Waals surface area contributed by atoms with Gasteiger partial charge in [0.05, 0.1) is 12.7 Å². The lowest BCUT2D eigenvalue weighted by Crippen LogP contribution is -2.45. The number of carbonyl (C=O) groups is 1. The molecule has 0 radical (unpaired) electrons. The molecule has 2 rings (SSSR count). The number of halogens is 1. The normalized spacial score (nSPS) is 20.6. The second-order valence-electron chi connectivity index (χ2n) is 5.36. The third kappa shape index (κ3) is 3.33. The number of methoxy groups -OCH3 is 1. The van der Waals surface area contributed by atoms with Crippen LogP contribution < -0.4 is 10.5 Å². The highest BCUT2D eigenvalue weighted by Crippen LogP contribution is 2.27. The number of carbonyl (C=O) groups excluding carboxylic acids is 1. The number of ether oxygens (including phenoxy) is 1. The van der Waals surface area contributed by atoms with E-state index in [1.54, 1.807) is 13.2 Å². The molecule has 2 atom stereocenters. The molecule has 0 aromatic heterocycles. The second kappa shape index (κ2) is 6.59. The van der Waals surface area contributed by atoms with Crippen molar-refractivity contribution < 1.29 is 9.53 Å². The summed E-state index contributed by atoms with van der Waals surface area (Å²) in [6, 6.07) is 5.61. The molecule has 1 aromatic rings. The molecule has 1 amide bonds. The van der Waals surface area contributed by atoms with Crippen LogP contribution in [0.15, 0.2) is 22.7 Å². The van der Waals surface area contributed by atoms with Gasteiger partial charge in [-0.15, -0.1) is 0 Å². The van der Waals surface area contributed by atoms with Crippen molar-refractivity contribution in [2.45, 2.75) is 25.8 Å². The Kier molecular flexibility index (Phi) is 5.05. The Balaban J connectivity index is 2.18. The molecule has 1 aliphatic rings. The number of amides is 1. The average Bonchev–Trinajstić information content (AvgIpc) is 2.46. The summed E-state index contributed by atoms with van der Waals surface area (Å²) in [5, 5.41) is 0. The van der Waals surface area contributed by atoms with Crippen molar-refractivity contribution in [2.75, 3.05) is 20.2 Å². The van der Waals surface area contributed by atoms with Gasteiger partial charge in [-0.1, -0.05) is 15.9 Å². The Morgan fingerprint density at radius 1 is 1.55 bits per heavy atom. The van der Waals surface area contributed by atoms with Gasteiger partial charge < -0.3 is 15.4 Å². The number of likely N-dealkylation sites (tertiary alicyclic amines) is 1. The van der Waals surface area contributed by atoms with Gasteiger partial charge in [-0.2, -0.15) is 0 Å². The third-order valence-corrected chi connectivity index (χ3v) is 4.38. The minimum Gasteiger partial charge on any atom is -0.496 e. The van der Waals surface area contributed by atoms with Gasteiger partial charge in [-0.3, -0.25) is 4.79 Å². The number of nitrogens with two attached hydrogens (primary N) is 1. The van der Waals surface area contributed by atoms with Gasteiger partial charge in [0.15, 0.2) is 0 Å². The molecule has 0 unspecified atom stereocenters. The van der Waals surface area contributed by atoms with Crippen molar-refractivity contribution in [2.24, 2.45) is 11.7 Å². The number of hydrogen-bond acceptors (Lipinski definition) is 3. The smallest absolute Gasteiger partial charge is 0.257 e. The Morgan fingerprint density at radius 3 is 2.95 bits per heavy atom. The summed E-state index contributed by atoms with van der Waals surface area (Å²) >= 11 is 3.39. The zero-order valence-electron chi connectivity index (χ0n) is 11.9. The van der Waals surface area contributed by atoms with Crippen molar-refractivity contribution in [3.8, 4) is 5.75 Å². The molecular formula is C15H21BrN2O2.